The van der Waals surface area contributed by atoms with Crippen molar-refractivity contribution in [2.45, 2.75) is 33.4 Å². The van der Waals surface area contributed by atoms with Crippen molar-refractivity contribution >= 4 is 11.6 Å². The average molecular weight is 288 g/mol. The zero-order chi connectivity index (χ0) is 15.6. The van der Waals surface area contributed by atoms with E-state index in [1.165, 1.54) is 12.1 Å². The van der Waals surface area contributed by atoms with Crippen molar-refractivity contribution in [1.29, 1.82) is 0 Å². The summed E-state index contributed by atoms with van der Waals surface area (Å²) in [6, 6.07) is 3.33. The summed E-state index contributed by atoms with van der Waals surface area (Å²) < 4.78 is 38.1. The van der Waals surface area contributed by atoms with Gasteiger partial charge in [0.15, 0.2) is 0 Å². The van der Waals surface area contributed by atoms with Crippen LogP contribution in [-0.2, 0) is 6.18 Å². The summed E-state index contributed by atoms with van der Waals surface area (Å²) in [7, 11) is 0. The predicted molar refractivity (Wildman–Crippen MR) is 72.3 cm³/mol. The molecule has 3 N–H and O–H groups in total. The Hall–Kier alpha value is -1.72. The lowest BCUT2D eigenvalue weighted by atomic mass is 9.92. The second-order valence-electron chi connectivity index (χ2n) is 5.83. The molecule has 0 bridgehead atoms. The first kappa shape index (κ1) is 16.3. The molecular formula is C14H19F3N2O. The molecule has 0 saturated heterocycles. The van der Waals surface area contributed by atoms with E-state index >= 15 is 0 Å². The molecule has 6 heteroatoms. The molecular weight excluding hydrogens is 269 g/mol. The van der Waals surface area contributed by atoms with E-state index in [0.29, 0.717) is 6.54 Å². The fourth-order valence-electron chi connectivity index (χ4n) is 1.66. The van der Waals surface area contributed by atoms with Gasteiger partial charge in [0.05, 0.1) is 16.8 Å². The summed E-state index contributed by atoms with van der Waals surface area (Å²) in [5.41, 5.74) is 3.82. The van der Waals surface area contributed by atoms with Gasteiger partial charge in [0.1, 0.15) is 0 Å². The number of alkyl halides is 3. The second-order valence-corrected chi connectivity index (χ2v) is 5.83. The topological polar surface area (TPSA) is 55.1 Å². The van der Waals surface area contributed by atoms with Crippen LogP contribution in [0.5, 0.6) is 0 Å². The fourth-order valence-corrected chi connectivity index (χ4v) is 1.66. The standard InChI is InChI=1S/C14H19F3N2O/c1-13(2,3)7-8-19-12(20)9-5-4-6-10(11(9)18)14(15,16)17/h4-6H,7-8,18H2,1-3H3,(H,19,20). The number of rotatable bonds is 3. The summed E-state index contributed by atoms with van der Waals surface area (Å²) in [6.45, 7) is 6.42. The zero-order valence-corrected chi connectivity index (χ0v) is 11.8. The van der Waals surface area contributed by atoms with Gasteiger partial charge in [0.25, 0.3) is 5.91 Å². The number of nitrogens with two attached hydrogens (primary N) is 1. The van der Waals surface area contributed by atoms with E-state index in [1.807, 2.05) is 20.8 Å². The maximum Gasteiger partial charge on any atom is 0.418 e. The first-order chi connectivity index (χ1) is 9.02. The monoisotopic (exact) mass is 288 g/mol. The first-order valence-corrected chi connectivity index (χ1v) is 6.26. The maximum absolute atomic E-state index is 12.7. The van der Waals surface area contributed by atoms with Gasteiger partial charge in [-0.15, -0.1) is 0 Å². The van der Waals surface area contributed by atoms with Crippen LogP contribution in [0, 0.1) is 5.41 Å². The smallest absolute Gasteiger partial charge is 0.398 e. The lowest BCUT2D eigenvalue weighted by Crippen LogP contribution is -2.28. The normalized spacial score (nSPS) is 12.3. The van der Waals surface area contributed by atoms with Gasteiger partial charge >= 0.3 is 6.18 Å². The third-order valence-corrected chi connectivity index (χ3v) is 2.82. The molecule has 0 unspecified atom stereocenters. The van der Waals surface area contributed by atoms with Crippen LogP contribution in [0.4, 0.5) is 18.9 Å². The highest BCUT2D eigenvalue weighted by atomic mass is 19.4. The van der Waals surface area contributed by atoms with Crippen molar-refractivity contribution in [3.8, 4) is 0 Å². The number of nitrogens with one attached hydrogen (secondary N) is 1. The van der Waals surface area contributed by atoms with Gasteiger partial charge in [-0.2, -0.15) is 13.2 Å². The zero-order valence-electron chi connectivity index (χ0n) is 11.8. The SMILES string of the molecule is CC(C)(C)CCNC(=O)c1cccc(C(F)(F)F)c1N. The molecule has 0 aliphatic carbocycles. The van der Waals surface area contributed by atoms with Crippen LogP contribution >= 0.6 is 0 Å². The number of hydrogen-bond acceptors (Lipinski definition) is 2. The Kier molecular flexibility index (Phi) is 4.68. The molecule has 112 valence electrons. The van der Waals surface area contributed by atoms with E-state index in [1.54, 1.807) is 0 Å². The van der Waals surface area contributed by atoms with E-state index in [2.05, 4.69) is 5.32 Å². The molecule has 0 fully saturated rings. The van der Waals surface area contributed by atoms with Gasteiger partial charge < -0.3 is 11.1 Å². The molecule has 0 radical (unpaired) electrons. The molecule has 1 aromatic carbocycles. The third kappa shape index (κ3) is 4.43. The van der Waals surface area contributed by atoms with Crippen LogP contribution in [0.3, 0.4) is 0 Å². The summed E-state index contributed by atoms with van der Waals surface area (Å²) >= 11 is 0. The Labute approximate surface area is 116 Å². The summed E-state index contributed by atoms with van der Waals surface area (Å²) in [6.07, 6.45) is -3.84. The van der Waals surface area contributed by atoms with Crippen molar-refractivity contribution in [2.24, 2.45) is 5.41 Å². The maximum atomic E-state index is 12.7. The summed E-state index contributed by atoms with van der Waals surface area (Å²) in [5, 5.41) is 2.59. The van der Waals surface area contributed by atoms with Gasteiger partial charge in [-0.05, 0) is 24.0 Å². The molecule has 0 aliphatic rings. The average Bonchev–Trinajstić information content (AvgIpc) is 2.25. The summed E-state index contributed by atoms with van der Waals surface area (Å²) in [5.74, 6) is -0.585. The van der Waals surface area contributed by atoms with Crippen LogP contribution in [0.2, 0.25) is 0 Å². The van der Waals surface area contributed by atoms with E-state index < -0.39 is 23.3 Å². The molecule has 1 amide bonds. The van der Waals surface area contributed by atoms with Gasteiger partial charge in [0.2, 0.25) is 0 Å². The number of nitrogen functional groups attached to an aromatic ring is 1. The molecule has 1 aromatic rings. The number of amides is 1. The van der Waals surface area contributed by atoms with Crippen molar-refractivity contribution < 1.29 is 18.0 Å². The van der Waals surface area contributed by atoms with Gasteiger partial charge in [-0.25, -0.2) is 0 Å². The highest BCUT2D eigenvalue weighted by Crippen LogP contribution is 2.34. The minimum Gasteiger partial charge on any atom is -0.398 e. The third-order valence-electron chi connectivity index (χ3n) is 2.82. The number of carbonyl (C=O) groups excluding carboxylic acids is 1. The Balaban J connectivity index is 2.84. The first-order valence-electron chi connectivity index (χ1n) is 6.26. The highest BCUT2D eigenvalue weighted by Gasteiger charge is 2.34. The van der Waals surface area contributed by atoms with E-state index in [4.69, 9.17) is 5.73 Å². The van der Waals surface area contributed by atoms with Crippen molar-refractivity contribution in [2.75, 3.05) is 12.3 Å². The van der Waals surface area contributed by atoms with Crippen molar-refractivity contribution in [3.63, 3.8) is 0 Å². The van der Waals surface area contributed by atoms with E-state index in [-0.39, 0.29) is 11.0 Å². The molecule has 1 rings (SSSR count). The molecule has 0 atom stereocenters. The Morgan fingerprint density at radius 3 is 2.35 bits per heavy atom. The van der Waals surface area contributed by atoms with Crippen LogP contribution < -0.4 is 11.1 Å². The minimum absolute atomic E-state index is 0.0344. The second kappa shape index (κ2) is 5.73. The van der Waals surface area contributed by atoms with E-state index in [9.17, 15) is 18.0 Å². The van der Waals surface area contributed by atoms with Crippen LogP contribution in [0.25, 0.3) is 0 Å². The largest absolute Gasteiger partial charge is 0.418 e. The quantitative estimate of drug-likeness (QED) is 0.837. The summed E-state index contributed by atoms with van der Waals surface area (Å²) in [4.78, 5) is 11.9. The van der Waals surface area contributed by atoms with Crippen LogP contribution in [0.15, 0.2) is 18.2 Å². The Bertz CT molecular complexity index is 490. The van der Waals surface area contributed by atoms with Crippen molar-refractivity contribution in [1.82, 2.24) is 5.32 Å². The fraction of sp³-hybridized carbons (Fsp3) is 0.500. The highest BCUT2D eigenvalue weighted by molar-refractivity contribution is 5.99. The lowest BCUT2D eigenvalue weighted by molar-refractivity contribution is -0.136. The van der Waals surface area contributed by atoms with Gasteiger partial charge in [-0.3, -0.25) is 4.79 Å². The predicted octanol–water partition coefficient (Wildman–Crippen LogP) is 3.45. The Morgan fingerprint density at radius 2 is 1.85 bits per heavy atom. The number of hydrogen-bond donors (Lipinski definition) is 2. The minimum atomic E-state index is -4.56. The number of para-hydroxylation sites is 1. The molecule has 0 heterocycles. The van der Waals surface area contributed by atoms with E-state index in [0.717, 1.165) is 12.5 Å². The number of halogens is 3. The number of anilines is 1. The molecule has 20 heavy (non-hydrogen) atoms. The lowest BCUT2D eigenvalue weighted by Gasteiger charge is -2.18. The van der Waals surface area contributed by atoms with Crippen LogP contribution in [-0.4, -0.2) is 12.5 Å². The molecule has 0 spiro atoms. The number of benzene rings is 1. The molecule has 0 aliphatic heterocycles. The molecule has 0 saturated carbocycles. The number of carbonyl (C=O) groups is 1. The Morgan fingerprint density at radius 1 is 1.25 bits per heavy atom. The molecule has 0 aromatic heterocycles. The van der Waals surface area contributed by atoms with Crippen molar-refractivity contribution in [3.05, 3.63) is 29.3 Å². The van der Waals surface area contributed by atoms with Crippen LogP contribution in [0.1, 0.15) is 43.1 Å². The van der Waals surface area contributed by atoms with Gasteiger partial charge in [0, 0.05) is 6.54 Å². The van der Waals surface area contributed by atoms with Gasteiger partial charge in [-0.1, -0.05) is 26.8 Å². The molecule has 3 nitrogen and oxygen atoms in total.